The Balaban J connectivity index is 1.85. The van der Waals surface area contributed by atoms with Crippen molar-refractivity contribution < 1.29 is 19.4 Å². The molecular formula is C24H23N3O4S. The first-order chi connectivity index (χ1) is 15.5. The summed E-state index contributed by atoms with van der Waals surface area (Å²) in [4.78, 5) is 32.7. The molecule has 2 aromatic carbocycles. The van der Waals surface area contributed by atoms with Crippen LogP contribution < -0.4 is 10.1 Å². The molecule has 3 N–H and O–H groups in total. The fraction of sp³-hybridized carbons (Fsp3) is 0.208. The van der Waals surface area contributed by atoms with Crippen molar-refractivity contribution in [1.82, 2.24) is 15.3 Å². The van der Waals surface area contributed by atoms with E-state index in [9.17, 15) is 14.7 Å². The molecule has 0 radical (unpaired) electrons. The van der Waals surface area contributed by atoms with Gasteiger partial charge in [0.15, 0.2) is 0 Å². The molecule has 0 fully saturated rings. The van der Waals surface area contributed by atoms with Gasteiger partial charge in [-0.2, -0.15) is 11.8 Å². The Labute approximate surface area is 189 Å². The van der Waals surface area contributed by atoms with E-state index < -0.39 is 17.9 Å². The van der Waals surface area contributed by atoms with E-state index in [1.165, 1.54) is 11.8 Å². The molecule has 1 amide bonds. The highest BCUT2D eigenvalue weighted by Crippen LogP contribution is 2.33. The van der Waals surface area contributed by atoms with E-state index in [2.05, 4.69) is 15.3 Å². The standard InChI is InChI=1S/C24H23N3O4S/c1-31-15-7-5-6-14(12-15)21-22-17(16-8-3-4-9-18(16)25-22)13-20(26-21)23(28)27-19(24(29)30)10-11-32-2/h3-9,12-13,19,25H,10-11H2,1-2H3,(H,27,28)(H,29,30). The Morgan fingerprint density at radius 3 is 2.72 bits per heavy atom. The highest BCUT2D eigenvalue weighted by molar-refractivity contribution is 7.98. The van der Waals surface area contributed by atoms with Crippen molar-refractivity contribution in [2.24, 2.45) is 0 Å². The largest absolute Gasteiger partial charge is 0.497 e. The Kier molecular flexibility index (Phi) is 6.32. The van der Waals surface area contributed by atoms with Gasteiger partial charge < -0.3 is 20.1 Å². The van der Waals surface area contributed by atoms with Gasteiger partial charge in [0.05, 0.1) is 18.3 Å². The molecule has 4 aromatic rings. The number of carboxylic acid groups (broad SMARTS) is 1. The maximum Gasteiger partial charge on any atom is 0.326 e. The number of benzene rings is 2. The number of nitrogens with one attached hydrogen (secondary N) is 2. The van der Waals surface area contributed by atoms with Gasteiger partial charge in [0, 0.05) is 21.9 Å². The second-order valence-corrected chi connectivity index (χ2v) is 8.31. The zero-order valence-corrected chi connectivity index (χ0v) is 18.5. The summed E-state index contributed by atoms with van der Waals surface area (Å²) in [6.07, 6.45) is 2.23. The maximum atomic E-state index is 13.1. The summed E-state index contributed by atoms with van der Waals surface area (Å²) in [5.74, 6) is -0.281. The van der Waals surface area contributed by atoms with Crippen molar-refractivity contribution in [1.29, 1.82) is 0 Å². The number of amides is 1. The molecule has 2 heterocycles. The maximum absolute atomic E-state index is 13.1. The Hall–Kier alpha value is -3.52. The number of aromatic nitrogens is 2. The van der Waals surface area contributed by atoms with Gasteiger partial charge in [-0.05, 0) is 42.7 Å². The molecular weight excluding hydrogens is 426 g/mol. The highest BCUT2D eigenvalue weighted by Gasteiger charge is 2.23. The number of fused-ring (bicyclic) bond motifs is 3. The number of nitrogens with zero attached hydrogens (tertiary/aromatic N) is 1. The molecule has 0 bridgehead atoms. The number of ether oxygens (including phenoxy) is 1. The van der Waals surface area contributed by atoms with Gasteiger partial charge in [0.1, 0.15) is 17.5 Å². The smallest absolute Gasteiger partial charge is 0.326 e. The minimum atomic E-state index is -1.06. The van der Waals surface area contributed by atoms with E-state index in [0.717, 1.165) is 27.4 Å². The lowest BCUT2D eigenvalue weighted by atomic mass is 10.1. The predicted molar refractivity (Wildman–Crippen MR) is 127 cm³/mol. The van der Waals surface area contributed by atoms with Gasteiger partial charge in [0.2, 0.25) is 0 Å². The average molecular weight is 450 g/mol. The summed E-state index contributed by atoms with van der Waals surface area (Å²) in [7, 11) is 1.59. The number of carbonyl (C=O) groups excluding carboxylic acids is 1. The number of hydrogen-bond donors (Lipinski definition) is 3. The normalized spacial score (nSPS) is 12.1. The molecule has 32 heavy (non-hydrogen) atoms. The van der Waals surface area contributed by atoms with Crippen LogP contribution in [0, 0.1) is 0 Å². The third-order valence-electron chi connectivity index (χ3n) is 5.29. The first kappa shape index (κ1) is 21.7. The lowest BCUT2D eigenvalue weighted by Crippen LogP contribution is -2.41. The van der Waals surface area contributed by atoms with E-state index in [-0.39, 0.29) is 5.69 Å². The molecule has 164 valence electrons. The van der Waals surface area contributed by atoms with Crippen molar-refractivity contribution in [2.75, 3.05) is 19.1 Å². The number of hydrogen-bond acceptors (Lipinski definition) is 5. The first-order valence-corrected chi connectivity index (χ1v) is 11.5. The molecule has 1 atom stereocenters. The molecule has 0 aliphatic rings. The van der Waals surface area contributed by atoms with E-state index in [1.54, 1.807) is 13.2 Å². The molecule has 8 heteroatoms. The summed E-state index contributed by atoms with van der Waals surface area (Å²) < 4.78 is 5.36. The topological polar surface area (TPSA) is 104 Å². The number of methoxy groups -OCH3 is 1. The first-order valence-electron chi connectivity index (χ1n) is 10.1. The highest BCUT2D eigenvalue weighted by atomic mass is 32.2. The molecule has 0 aliphatic heterocycles. The number of rotatable bonds is 8. The molecule has 0 saturated heterocycles. The SMILES string of the molecule is COc1cccc(-c2nc(C(=O)NC(CCSC)C(=O)O)cc3c2[nH]c2ccccc23)c1. The molecule has 4 rings (SSSR count). The van der Waals surface area contributed by atoms with Crippen LogP contribution in [0.2, 0.25) is 0 Å². The zero-order valence-electron chi connectivity index (χ0n) is 17.7. The van der Waals surface area contributed by atoms with Crippen LogP contribution in [0.25, 0.3) is 33.1 Å². The van der Waals surface area contributed by atoms with Gasteiger partial charge >= 0.3 is 5.97 Å². The monoisotopic (exact) mass is 449 g/mol. The molecule has 0 spiro atoms. The summed E-state index contributed by atoms with van der Waals surface area (Å²) in [6.45, 7) is 0. The van der Waals surface area contributed by atoms with Crippen molar-refractivity contribution in [3.63, 3.8) is 0 Å². The minimum absolute atomic E-state index is 0.162. The summed E-state index contributed by atoms with van der Waals surface area (Å²) in [6, 6.07) is 16.0. The van der Waals surface area contributed by atoms with Gasteiger partial charge in [-0.15, -0.1) is 0 Å². The van der Waals surface area contributed by atoms with Crippen molar-refractivity contribution in [2.45, 2.75) is 12.5 Å². The molecule has 2 aromatic heterocycles. The van der Waals surface area contributed by atoms with Crippen molar-refractivity contribution in [3.8, 4) is 17.0 Å². The quantitative estimate of drug-likeness (QED) is 0.370. The number of carboxylic acids is 1. The van der Waals surface area contributed by atoms with E-state index in [1.807, 2.05) is 54.8 Å². The van der Waals surface area contributed by atoms with Gasteiger partial charge in [-0.25, -0.2) is 9.78 Å². The molecule has 7 nitrogen and oxygen atoms in total. The number of thioether (sulfide) groups is 1. The number of pyridine rings is 1. The van der Waals surface area contributed by atoms with Crippen molar-refractivity contribution >= 4 is 45.4 Å². The van der Waals surface area contributed by atoms with Gasteiger partial charge in [-0.1, -0.05) is 30.3 Å². The Morgan fingerprint density at radius 2 is 1.97 bits per heavy atom. The number of aliphatic carboxylic acids is 1. The van der Waals surface area contributed by atoms with Crippen LogP contribution in [0.1, 0.15) is 16.9 Å². The summed E-state index contributed by atoms with van der Waals surface area (Å²) in [5.41, 5.74) is 3.27. The molecule has 0 saturated carbocycles. The van der Waals surface area contributed by atoms with Crippen LogP contribution in [-0.4, -0.2) is 52.1 Å². The fourth-order valence-electron chi connectivity index (χ4n) is 3.67. The molecule has 0 aliphatic carbocycles. The summed E-state index contributed by atoms with van der Waals surface area (Å²) in [5, 5.41) is 13.9. The third kappa shape index (κ3) is 4.27. The number of carbonyl (C=O) groups is 2. The van der Waals surface area contributed by atoms with E-state index in [0.29, 0.717) is 23.6 Å². The van der Waals surface area contributed by atoms with Crippen LogP contribution in [0.5, 0.6) is 5.75 Å². The summed E-state index contributed by atoms with van der Waals surface area (Å²) >= 11 is 1.53. The minimum Gasteiger partial charge on any atom is -0.497 e. The van der Waals surface area contributed by atoms with Gasteiger partial charge in [0.25, 0.3) is 5.91 Å². The van der Waals surface area contributed by atoms with E-state index in [4.69, 9.17) is 4.74 Å². The molecule has 1 unspecified atom stereocenters. The fourth-order valence-corrected chi connectivity index (χ4v) is 4.14. The average Bonchev–Trinajstić information content (AvgIpc) is 3.19. The van der Waals surface area contributed by atoms with Crippen LogP contribution in [0.3, 0.4) is 0 Å². The number of para-hydroxylation sites is 1. The van der Waals surface area contributed by atoms with Gasteiger partial charge in [-0.3, -0.25) is 4.79 Å². The third-order valence-corrected chi connectivity index (χ3v) is 5.93. The predicted octanol–water partition coefficient (Wildman–Crippen LogP) is 4.33. The van der Waals surface area contributed by atoms with Crippen LogP contribution in [0.15, 0.2) is 54.6 Å². The van der Waals surface area contributed by atoms with Crippen molar-refractivity contribution in [3.05, 3.63) is 60.3 Å². The lowest BCUT2D eigenvalue weighted by Gasteiger charge is -2.14. The Bertz CT molecular complexity index is 1300. The lowest BCUT2D eigenvalue weighted by molar-refractivity contribution is -0.139. The number of aromatic amines is 1. The van der Waals surface area contributed by atoms with Crippen LogP contribution in [-0.2, 0) is 4.79 Å². The second kappa shape index (κ2) is 9.32. The van der Waals surface area contributed by atoms with Crippen LogP contribution >= 0.6 is 11.8 Å². The van der Waals surface area contributed by atoms with E-state index >= 15 is 0 Å². The zero-order chi connectivity index (χ0) is 22.7. The second-order valence-electron chi connectivity index (χ2n) is 7.33. The van der Waals surface area contributed by atoms with Crippen LogP contribution in [0.4, 0.5) is 0 Å². The number of H-pyrrole nitrogens is 1. The Morgan fingerprint density at radius 1 is 1.16 bits per heavy atom.